The molecule has 7 nitrogen and oxygen atoms in total. The number of halogens is 1. The summed E-state index contributed by atoms with van der Waals surface area (Å²) >= 11 is 6.21. The number of aliphatic hydroxyl groups excluding tert-OH is 1. The molecule has 2 heterocycles. The summed E-state index contributed by atoms with van der Waals surface area (Å²) in [5.74, 6) is -0.989. The molecule has 1 aliphatic rings. The summed E-state index contributed by atoms with van der Waals surface area (Å²) in [6.07, 6.45) is 0. The van der Waals surface area contributed by atoms with Crippen LogP contribution in [0.1, 0.15) is 22.9 Å². The van der Waals surface area contributed by atoms with Crippen LogP contribution in [0, 0.1) is 6.92 Å². The molecule has 1 aliphatic heterocycles. The van der Waals surface area contributed by atoms with Crippen LogP contribution in [0.3, 0.4) is 0 Å². The molecule has 0 aliphatic carbocycles. The van der Waals surface area contributed by atoms with Gasteiger partial charge >= 0.3 is 0 Å². The number of amides is 1. The number of carbonyl (C=O) groups is 2. The van der Waals surface area contributed by atoms with Crippen molar-refractivity contribution in [2.24, 2.45) is 0 Å². The molecule has 1 saturated heterocycles. The summed E-state index contributed by atoms with van der Waals surface area (Å²) in [7, 11) is 3.01. The number of aromatic nitrogens is 1. The quantitative estimate of drug-likeness (QED) is 0.205. The minimum absolute atomic E-state index is 0.0516. The first-order chi connectivity index (χ1) is 17.3. The summed E-state index contributed by atoms with van der Waals surface area (Å²) in [6.45, 7) is 1.88. The number of hydrogen-bond acceptors (Lipinski definition) is 5. The molecule has 1 fully saturated rings. The lowest BCUT2D eigenvalue weighted by molar-refractivity contribution is -0.132. The summed E-state index contributed by atoms with van der Waals surface area (Å²) in [6, 6.07) is 18.3. The fourth-order valence-corrected chi connectivity index (χ4v) is 4.95. The molecular weight excluding hydrogens is 480 g/mol. The van der Waals surface area contributed by atoms with Crippen molar-refractivity contribution in [3.05, 3.63) is 94.1 Å². The minimum atomic E-state index is -0.904. The maximum Gasteiger partial charge on any atom is 0.300 e. The molecule has 0 bridgehead atoms. The van der Waals surface area contributed by atoms with Crippen LogP contribution >= 0.6 is 11.6 Å². The van der Waals surface area contributed by atoms with Crippen LogP contribution in [0.25, 0.3) is 16.7 Å². The van der Waals surface area contributed by atoms with Gasteiger partial charge in [-0.15, -0.1) is 0 Å². The molecule has 2 N–H and O–H groups in total. The first-order valence-electron chi connectivity index (χ1n) is 11.2. The van der Waals surface area contributed by atoms with Crippen molar-refractivity contribution in [2.45, 2.75) is 13.0 Å². The third kappa shape index (κ3) is 3.69. The first-order valence-corrected chi connectivity index (χ1v) is 11.6. The van der Waals surface area contributed by atoms with Crippen molar-refractivity contribution in [1.29, 1.82) is 0 Å². The number of nitrogens with one attached hydrogen (secondary N) is 1. The van der Waals surface area contributed by atoms with E-state index >= 15 is 0 Å². The molecule has 36 heavy (non-hydrogen) atoms. The van der Waals surface area contributed by atoms with Crippen LogP contribution in [0.15, 0.2) is 72.3 Å². The molecule has 1 aromatic heterocycles. The summed E-state index contributed by atoms with van der Waals surface area (Å²) < 4.78 is 10.7. The Bertz CT molecular complexity index is 1540. The fraction of sp³-hybridized carbons (Fsp3) is 0.143. The number of anilines is 1. The van der Waals surface area contributed by atoms with Gasteiger partial charge in [0.1, 0.15) is 17.3 Å². The van der Waals surface area contributed by atoms with Crippen molar-refractivity contribution in [3.8, 4) is 11.5 Å². The van der Waals surface area contributed by atoms with Gasteiger partial charge in [0.2, 0.25) is 0 Å². The average Bonchev–Trinajstić information content (AvgIpc) is 3.35. The Labute approximate surface area is 212 Å². The topological polar surface area (TPSA) is 91.9 Å². The van der Waals surface area contributed by atoms with Crippen LogP contribution in [-0.2, 0) is 9.59 Å². The van der Waals surface area contributed by atoms with Crippen molar-refractivity contribution in [2.75, 3.05) is 19.1 Å². The number of benzene rings is 3. The number of para-hydroxylation sites is 1. The summed E-state index contributed by atoms with van der Waals surface area (Å²) in [5, 5.41) is 12.7. The molecule has 1 amide bonds. The van der Waals surface area contributed by atoms with Gasteiger partial charge in [-0.05, 0) is 55.5 Å². The molecule has 3 aromatic carbocycles. The van der Waals surface area contributed by atoms with E-state index in [1.807, 2.05) is 31.2 Å². The monoisotopic (exact) mass is 502 g/mol. The van der Waals surface area contributed by atoms with E-state index in [0.717, 1.165) is 16.6 Å². The summed E-state index contributed by atoms with van der Waals surface area (Å²) in [4.78, 5) is 31.8. The molecule has 8 heteroatoms. The number of Topliss-reactive ketones (excluding diaryl/α,β-unsaturated/α-hetero) is 1. The van der Waals surface area contributed by atoms with Crippen molar-refractivity contribution in [3.63, 3.8) is 0 Å². The molecule has 1 unspecified atom stereocenters. The second-order valence-electron chi connectivity index (χ2n) is 8.42. The highest BCUT2D eigenvalue weighted by Crippen LogP contribution is 2.46. The highest BCUT2D eigenvalue weighted by molar-refractivity contribution is 6.52. The van der Waals surface area contributed by atoms with E-state index in [9.17, 15) is 14.7 Å². The SMILES string of the molecule is COc1ccc(N2C(=O)C(=O)/C(=C(/O)c3cc(Cl)ccc3OC)C2c2c(C)[nH]c3ccccc23)cc1. The number of ketones is 1. The van der Waals surface area contributed by atoms with Gasteiger partial charge in [-0.3, -0.25) is 14.5 Å². The Hall–Kier alpha value is -4.23. The number of rotatable bonds is 5. The van der Waals surface area contributed by atoms with E-state index in [0.29, 0.717) is 27.8 Å². The zero-order valence-corrected chi connectivity index (χ0v) is 20.6. The van der Waals surface area contributed by atoms with Gasteiger partial charge in [0.15, 0.2) is 0 Å². The second kappa shape index (κ2) is 9.09. The third-order valence-corrected chi connectivity index (χ3v) is 6.66. The molecule has 182 valence electrons. The van der Waals surface area contributed by atoms with Gasteiger partial charge in [-0.2, -0.15) is 0 Å². The van der Waals surface area contributed by atoms with E-state index < -0.39 is 17.7 Å². The van der Waals surface area contributed by atoms with E-state index in [1.165, 1.54) is 18.1 Å². The number of aromatic amines is 1. The van der Waals surface area contributed by atoms with Gasteiger partial charge in [0, 0.05) is 32.9 Å². The van der Waals surface area contributed by atoms with Gasteiger partial charge in [0.05, 0.1) is 31.4 Å². The predicted octanol–water partition coefficient (Wildman–Crippen LogP) is 5.77. The van der Waals surface area contributed by atoms with Gasteiger partial charge in [-0.1, -0.05) is 29.8 Å². The zero-order chi connectivity index (χ0) is 25.6. The Morgan fingerprint density at radius 1 is 1.00 bits per heavy atom. The van der Waals surface area contributed by atoms with E-state index in [4.69, 9.17) is 21.1 Å². The molecule has 5 rings (SSSR count). The number of aryl methyl sites for hydroxylation is 1. The lowest BCUT2D eigenvalue weighted by Crippen LogP contribution is -2.29. The highest BCUT2D eigenvalue weighted by Gasteiger charge is 2.48. The van der Waals surface area contributed by atoms with Crippen LogP contribution in [0.5, 0.6) is 11.5 Å². The van der Waals surface area contributed by atoms with Crippen molar-refractivity contribution in [1.82, 2.24) is 4.98 Å². The number of nitrogens with zero attached hydrogens (tertiary/aromatic N) is 1. The average molecular weight is 503 g/mol. The van der Waals surface area contributed by atoms with E-state index in [2.05, 4.69) is 4.98 Å². The number of H-pyrrole nitrogens is 1. The molecule has 0 spiro atoms. The molecule has 4 aromatic rings. The number of fused-ring (bicyclic) bond motifs is 1. The Morgan fingerprint density at radius 3 is 2.42 bits per heavy atom. The Kier molecular flexibility index (Phi) is 5.94. The van der Waals surface area contributed by atoms with Crippen LogP contribution in [0.4, 0.5) is 5.69 Å². The number of methoxy groups -OCH3 is 2. The smallest absolute Gasteiger partial charge is 0.300 e. The highest BCUT2D eigenvalue weighted by atomic mass is 35.5. The van der Waals surface area contributed by atoms with Gasteiger partial charge < -0.3 is 19.6 Å². The van der Waals surface area contributed by atoms with Crippen LogP contribution in [0.2, 0.25) is 5.02 Å². The molecule has 0 saturated carbocycles. The minimum Gasteiger partial charge on any atom is -0.507 e. The molecule has 1 atom stereocenters. The van der Waals surface area contributed by atoms with Crippen LogP contribution < -0.4 is 14.4 Å². The lowest BCUT2D eigenvalue weighted by atomic mass is 9.93. The number of hydrogen-bond donors (Lipinski definition) is 2. The van der Waals surface area contributed by atoms with Crippen molar-refractivity contribution >= 4 is 45.6 Å². The largest absolute Gasteiger partial charge is 0.507 e. The second-order valence-corrected chi connectivity index (χ2v) is 8.86. The lowest BCUT2D eigenvalue weighted by Gasteiger charge is -2.26. The fourth-order valence-electron chi connectivity index (χ4n) is 4.78. The van der Waals surface area contributed by atoms with Gasteiger partial charge in [0.25, 0.3) is 11.7 Å². The number of ether oxygens (including phenoxy) is 2. The first kappa shape index (κ1) is 23.5. The maximum atomic E-state index is 13.5. The predicted molar refractivity (Wildman–Crippen MR) is 139 cm³/mol. The van der Waals surface area contributed by atoms with Gasteiger partial charge in [-0.25, -0.2) is 0 Å². The Balaban J connectivity index is 1.82. The zero-order valence-electron chi connectivity index (χ0n) is 19.8. The van der Waals surface area contributed by atoms with E-state index in [1.54, 1.807) is 43.5 Å². The molecular formula is C28H23ClN2O5. The van der Waals surface area contributed by atoms with Crippen LogP contribution in [-0.4, -0.2) is 36.0 Å². The summed E-state index contributed by atoms with van der Waals surface area (Å²) in [5.41, 5.74) is 2.99. The van der Waals surface area contributed by atoms with Crippen molar-refractivity contribution < 1.29 is 24.2 Å². The third-order valence-electron chi connectivity index (χ3n) is 6.43. The number of aliphatic hydroxyl groups is 1. The standard InChI is InChI=1S/C28H23ClN2O5/c1-15-23(19-6-4-5-7-21(19)30-15)25-24(26(32)20-14-16(29)8-13-22(20)36-3)27(33)28(34)31(25)17-9-11-18(35-2)12-10-17/h4-14,25,30,32H,1-3H3/b26-24+. The molecule has 0 radical (unpaired) electrons. The number of carbonyl (C=O) groups excluding carboxylic acids is 2. The maximum absolute atomic E-state index is 13.5. The normalized spacial score (nSPS) is 17.1. The Morgan fingerprint density at radius 2 is 1.72 bits per heavy atom. The van der Waals surface area contributed by atoms with E-state index in [-0.39, 0.29) is 16.9 Å².